The average molecular weight is 1110 g/mol. The predicted octanol–water partition coefficient (Wildman–Crippen LogP) is 21.3. The van der Waals surface area contributed by atoms with Crippen LogP contribution in [0.4, 0.5) is 0 Å². The third-order valence-corrected chi connectivity index (χ3v) is 17.1. The first-order valence-corrected chi connectivity index (χ1v) is 29.5. The zero-order valence-corrected chi connectivity index (χ0v) is 47.1. The van der Waals surface area contributed by atoms with Gasteiger partial charge >= 0.3 is 0 Å². The van der Waals surface area contributed by atoms with E-state index in [0.29, 0.717) is 17.5 Å². The number of furan rings is 1. The lowest BCUT2D eigenvalue weighted by Crippen LogP contribution is -2.00. The highest BCUT2D eigenvalue weighted by Crippen LogP contribution is 2.43. The molecular formula is C81H51N5O. The van der Waals surface area contributed by atoms with Crippen LogP contribution in [0.2, 0.25) is 0 Å². The van der Waals surface area contributed by atoms with Crippen LogP contribution in [-0.2, 0) is 0 Å². The van der Waals surface area contributed by atoms with Gasteiger partial charge in [0.2, 0.25) is 0 Å². The van der Waals surface area contributed by atoms with Crippen molar-refractivity contribution >= 4 is 65.6 Å². The molecule has 0 amide bonds. The van der Waals surface area contributed by atoms with Gasteiger partial charge in [0, 0.05) is 65.9 Å². The normalized spacial score (nSPS) is 11.7. The van der Waals surface area contributed by atoms with Crippen LogP contribution < -0.4 is 0 Å². The van der Waals surface area contributed by atoms with Crippen LogP contribution in [0.3, 0.4) is 0 Å². The number of hydrogen-bond donors (Lipinski definition) is 0. The molecule has 87 heavy (non-hydrogen) atoms. The van der Waals surface area contributed by atoms with Gasteiger partial charge < -0.3 is 13.6 Å². The van der Waals surface area contributed by atoms with Crippen molar-refractivity contribution in [3.8, 4) is 101 Å². The highest BCUT2D eigenvalue weighted by atomic mass is 16.3. The number of para-hydroxylation sites is 4. The lowest BCUT2D eigenvalue weighted by atomic mass is 9.93. The fraction of sp³-hybridized carbons (Fsp3) is 0. The molecule has 0 saturated carbocycles. The first-order chi connectivity index (χ1) is 43.1. The van der Waals surface area contributed by atoms with E-state index in [4.69, 9.17) is 19.4 Å². The molecule has 0 bridgehead atoms. The maximum Gasteiger partial charge on any atom is 0.164 e. The Morgan fingerprint density at radius 2 is 0.586 bits per heavy atom. The number of aromatic nitrogens is 5. The molecule has 13 aromatic carbocycles. The van der Waals surface area contributed by atoms with Gasteiger partial charge in [-0.25, -0.2) is 15.0 Å². The van der Waals surface area contributed by atoms with Crippen LogP contribution >= 0.6 is 0 Å². The fourth-order valence-corrected chi connectivity index (χ4v) is 13.0. The standard InChI is InChI=1S/C81H51N5O/c1-3-20-52(21-4-1)79-82-80(53-22-5-2-6-23-53)84-81(83-79)62-31-17-27-57(46-62)55-25-15-24-54(44-55)56-26-16-30-61(45-56)70-50-63(51-72-69-37-10-14-41-77(69)87-78(70)72)59-29-19-33-65(48-59)86-75-40-13-9-36-68(75)71-49-60(42-43-76(71)86)58-28-18-32-64(47-58)85-73-38-11-7-34-66(73)67-35-8-12-39-74(67)85/h1-51H. The van der Waals surface area contributed by atoms with E-state index in [0.717, 1.165) is 106 Å². The summed E-state index contributed by atoms with van der Waals surface area (Å²) in [5.74, 6) is 1.89. The largest absolute Gasteiger partial charge is 0.455 e. The van der Waals surface area contributed by atoms with Gasteiger partial charge in [0.1, 0.15) is 11.2 Å². The van der Waals surface area contributed by atoms with Gasteiger partial charge in [-0.3, -0.25) is 0 Å². The smallest absolute Gasteiger partial charge is 0.164 e. The summed E-state index contributed by atoms with van der Waals surface area (Å²) in [5.41, 5.74) is 22.5. The molecule has 0 aliphatic rings. The minimum atomic E-state index is 0.620. The Bertz CT molecular complexity index is 5430. The summed E-state index contributed by atoms with van der Waals surface area (Å²) < 4.78 is 11.6. The van der Waals surface area contributed by atoms with Crippen LogP contribution in [0.15, 0.2) is 314 Å². The Kier molecular flexibility index (Phi) is 11.8. The molecule has 6 heteroatoms. The average Bonchev–Trinajstić information content (AvgIpc) is 2.10. The van der Waals surface area contributed by atoms with E-state index >= 15 is 0 Å². The van der Waals surface area contributed by atoms with Gasteiger partial charge in [-0.1, -0.05) is 218 Å². The summed E-state index contributed by atoms with van der Waals surface area (Å²) in [6, 6.07) is 110. The third kappa shape index (κ3) is 8.69. The molecule has 0 N–H and O–H groups in total. The maximum atomic E-state index is 6.82. The molecule has 0 fully saturated rings. The minimum Gasteiger partial charge on any atom is -0.455 e. The van der Waals surface area contributed by atoms with Crippen molar-refractivity contribution in [1.82, 2.24) is 24.1 Å². The van der Waals surface area contributed by atoms with Crippen molar-refractivity contribution in [2.24, 2.45) is 0 Å². The number of fused-ring (bicyclic) bond motifs is 9. The first-order valence-electron chi connectivity index (χ1n) is 29.5. The van der Waals surface area contributed by atoms with Crippen molar-refractivity contribution in [2.75, 3.05) is 0 Å². The van der Waals surface area contributed by atoms with Crippen LogP contribution in [0.5, 0.6) is 0 Å². The molecule has 0 unspecified atom stereocenters. The van der Waals surface area contributed by atoms with Gasteiger partial charge in [0.15, 0.2) is 17.5 Å². The van der Waals surface area contributed by atoms with Crippen LogP contribution in [-0.4, -0.2) is 24.1 Å². The molecule has 0 aliphatic carbocycles. The molecule has 17 rings (SSSR count). The van der Waals surface area contributed by atoms with Crippen LogP contribution in [0.25, 0.3) is 167 Å². The second kappa shape index (κ2) is 20.6. The summed E-state index contributed by atoms with van der Waals surface area (Å²) in [7, 11) is 0. The molecular weight excluding hydrogens is 1060 g/mol. The monoisotopic (exact) mass is 1110 g/mol. The Labute approximate surface area is 501 Å². The zero-order valence-electron chi connectivity index (χ0n) is 47.1. The van der Waals surface area contributed by atoms with E-state index in [9.17, 15) is 0 Å². The molecule has 0 saturated heterocycles. The molecule has 17 aromatic rings. The van der Waals surface area contributed by atoms with E-state index in [1.54, 1.807) is 0 Å². The minimum absolute atomic E-state index is 0.620. The van der Waals surface area contributed by atoms with Gasteiger partial charge in [0.25, 0.3) is 0 Å². The summed E-state index contributed by atoms with van der Waals surface area (Å²) in [5, 5.41) is 7.09. The SMILES string of the molecule is c1ccc(-c2nc(-c3ccccc3)nc(-c3cccc(-c4cccc(-c5cccc(-c6cc(-c7cccc(-n8c9ccccc9c9cc(-c%10cccc(-n%11c%12ccccc%12c%12ccccc%12%11)c%10)ccc98)c7)cc7c6oc6ccccc67)c5)c4)c3)n2)cc1. The summed E-state index contributed by atoms with van der Waals surface area (Å²) in [4.78, 5) is 15.0. The lowest BCUT2D eigenvalue weighted by Gasteiger charge is -2.13. The van der Waals surface area contributed by atoms with Crippen LogP contribution in [0.1, 0.15) is 0 Å². The second-order valence-electron chi connectivity index (χ2n) is 22.3. The van der Waals surface area contributed by atoms with Crippen molar-refractivity contribution in [1.29, 1.82) is 0 Å². The third-order valence-electron chi connectivity index (χ3n) is 17.1. The number of nitrogens with zero attached hydrogens (tertiary/aromatic N) is 5. The van der Waals surface area contributed by atoms with Crippen molar-refractivity contribution in [3.05, 3.63) is 309 Å². The molecule has 4 heterocycles. The van der Waals surface area contributed by atoms with E-state index in [1.807, 2.05) is 66.7 Å². The predicted molar refractivity (Wildman–Crippen MR) is 359 cm³/mol. The summed E-state index contributed by atoms with van der Waals surface area (Å²) in [6.07, 6.45) is 0. The Morgan fingerprint density at radius 1 is 0.218 bits per heavy atom. The summed E-state index contributed by atoms with van der Waals surface area (Å²) >= 11 is 0. The van der Waals surface area contributed by atoms with Gasteiger partial charge in [-0.05, 0) is 141 Å². The Hall–Kier alpha value is -11.7. The molecule has 0 aliphatic heterocycles. The number of benzene rings is 13. The topological polar surface area (TPSA) is 61.7 Å². The van der Waals surface area contributed by atoms with E-state index in [1.165, 1.54) is 43.7 Å². The quantitative estimate of drug-likeness (QED) is 0.137. The molecule has 4 aromatic heterocycles. The zero-order chi connectivity index (χ0) is 57.4. The van der Waals surface area contributed by atoms with Crippen molar-refractivity contribution in [3.63, 3.8) is 0 Å². The Morgan fingerprint density at radius 3 is 1.15 bits per heavy atom. The van der Waals surface area contributed by atoms with E-state index < -0.39 is 0 Å². The first kappa shape index (κ1) is 49.8. The molecule has 0 atom stereocenters. The summed E-state index contributed by atoms with van der Waals surface area (Å²) in [6.45, 7) is 0. The molecule has 0 spiro atoms. The molecule has 6 nitrogen and oxygen atoms in total. The highest BCUT2D eigenvalue weighted by Gasteiger charge is 2.20. The van der Waals surface area contributed by atoms with Crippen LogP contribution in [0, 0.1) is 0 Å². The van der Waals surface area contributed by atoms with Gasteiger partial charge in [-0.15, -0.1) is 0 Å². The second-order valence-corrected chi connectivity index (χ2v) is 22.3. The molecule has 406 valence electrons. The van der Waals surface area contributed by atoms with E-state index in [-0.39, 0.29) is 0 Å². The van der Waals surface area contributed by atoms with Crippen molar-refractivity contribution < 1.29 is 4.42 Å². The number of rotatable bonds is 10. The van der Waals surface area contributed by atoms with Crippen molar-refractivity contribution in [2.45, 2.75) is 0 Å². The lowest BCUT2D eigenvalue weighted by molar-refractivity contribution is 0.670. The fourth-order valence-electron chi connectivity index (χ4n) is 13.0. The highest BCUT2D eigenvalue weighted by molar-refractivity contribution is 6.13. The maximum absolute atomic E-state index is 6.82. The van der Waals surface area contributed by atoms with Gasteiger partial charge in [-0.2, -0.15) is 0 Å². The Balaban J connectivity index is 0.730. The van der Waals surface area contributed by atoms with E-state index in [2.05, 4.69) is 252 Å². The van der Waals surface area contributed by atoms with Gasteiger partial charge in [0.05, 0.1) is 22.1 Å². The molecule has 0 radical (unpaired) electrons. The number of hydrogen-bond acceptors (Lipinski definition) is 4.